The van der Waals surface area contributed by atoms with E-state index in [2.05, 4.69) is 5.32 Å². The molecule has 2 aromatic carbocycles. The van der Waals surface area contributed by atoms with E-state index in [0.29, 0.717) is 0 Å². The highest BCUT2D eigenvalue weighted by atomic mass is 19.4. The number of alkyl halides is 3. The number of hydrogen-bond donors (Lipinski definition) is 2. The minimum absolute atomic E-state index is 0.0676. The van der Waals surface area contributed by atoms with E-state index in [0.717, 1.165) is 6.07 Å². The monoisotopic (exact) mass is 383 g/mol. The number of rotatable bonds is 6. The number of hydrogen-bond acceptors (Lipinski definition) is 2. The summed E-state index contributed by atoms with van der Waals surface area (Å²) >= 11 is 0. The number of carbonyl (C=O) groups excluding carboxylic acids is 1. The molecule has 4 nitrogen and oxygen atoms in total. The first kappa shape index (κ1) is 20.4. The van der Waals surface area contributed by atoms with Crippen molar-refractivity contribution in [3.63, 3.8) is 0 Å². The van der Waals surface area contributed by atoms with Gasteiger partial charge in [0.1, 0.15) is 5.82 Å². The van der Waals surface area contributed by atoms with Crippen LogP contribution < -0.4 is 5.32 Å². The summed E-state index contributed by atoms with van der Waals surface area (Å²) in [4.78, 5) is 23.6. The van der Waals surface area contributed by atoms with Crippen molar-refractivity contribution in [1.29, 1.82) is 0 Å². The van der Waals surface area contributed by atoms with Crippen LogP contribution in [0.3, 0.4) is 0 Å². The Bertz CT molecular complexity index is 821. The lowest BCUT2D eigenvalue weighted by atomic mass is 9.94. The summed E-state index contributed by atoms with van der Waals surface area (Å²) in [5, 5.41) is 11.4. The molecule has 144 valence electrons. The zero-order valence-electron chi connectivity index (χ0n) is 14.3. The summed E-state index contributed by atoms with van der Waals surface area (Å²) in [7, 11) is 0. The first-order valence-electron chi connectivity index (χ1n) is 7.99. The topological polar surface area (TPSA) is 66.4 Å². The molecule has 0 fully saturated rings. The molecule has 8 heteroatoms. The Morgan fingerprint density at radius 1 is 1.07 bits per heavy atom. The maximum absolute atomic E-state index is 13.4. The van der Waals surface area contributed by atoms with E-state index in [1.807, 2.05) is 0 Å². The number of halogens is 4. The lowest BCUT2D eigenvalue weighted by molar-refractivity contribution is -0.158. The van der Waals surface area contributed by atoms with E-state index in [-0.39, 0.29) is 16.7 Å². The van der Waals surface area contributed by atoms with Crippen molar-refractivity contribution in [2.75, 3.05) is 0 Å². The summed E-state index contributed by atoms with van der Waals surface area (Å²) in [6, 6.07) is 8.76. The van der Waals surface area contributed by atoms with Crippen LogP contribution >= 0.6 is 0 Å². The fourth-order valence-corrected chi connectivity index (χ4v) is 2.65. The van der Waals surface area contributed by atoms with Crippen LogP contribution in [0.2, 0.25) is 0 Å². The quantitative estimate of drug-likeness (QED) is 0.738. The highest BCUT2D eigenvalue weighted by Gasteiger charge is 2.42. The molecule has 0 aliphatic heterocycles. The van der Waals surface area contributed by atoms with Crippen LogP contribution in [0, 0.1) is 12.7 Å². The zero-order chi connectivity index (χ0) is 20.2. The van der Waals surface area contributed by atoms with Gasteiger partial charge in [0.2, 0.25) is 5.91 Å². The average molecular weight is 383 g/mol. The standard InChI is InChI=1S/C19H17F4NO3/c1-11-9-13(7-8-15(11)20)17(18(26)27)24-16(25)10-14(19(21,22)23)12-5-3-2-4-6-12/h2-9,14,17H,10H2,1H3,(H,24,25)(H,26,27). The Morgan fingerprint density at radius 3 is 2.22 bits per heavy atom. The van der Waals surface area contributed by atoms with Crippen molar-refractivity contribution >= 4 is 11.9 Å². The van der Waals surface area contributed by atoms with Crippen molar-refractivity contribution in [3.05, 3.63) is 71.0 Å². The minimum atomic E-state index is -4.68. The van der Waals surface area contributed by atoms with Crippen LogP contribution in [0.4, 0.5) is 17.6 Å². The number of carboxylic acid groups (broad SMARTS) is 1. The third kappa shape index (κ3) is 5.29. The molecule has 0 saturated carbocycles. The number of nitrogens with one attached hydrogen (secondary N) is 1. The van der Waals surface area contributed by atoms with Gasteiger partial charge in [-0.15, -0.1) is 0 Å². The van der Waals surface area contributed by atoms with Gasteiger partial charge in [0.25, 0.3) is 0 Å². The largest absolute Gasteiger partial charge is 0.479 e. The van der Waals surface area contributed by atoms with Gasteiger partial charge in [0.05, 0.1) is 5.92 Å². The van der Waals surface area contributed by atoms with E-state index in [9.17, 15) is 32.3 Å². The number of aliphatic carboxylic acids is 1. The van der Waals surface area contributed by atoms with Gasteiger partial charge >= 0.3 is 12.1 Å². The molecule has 0 saturated heterocycles. The zero-order valence-corrected chi connectivity index (χ0v) is 14.3. The first-order valence-corrected chi connectivity index (χ1v) is 7.99. The Morgan fingerprint density at radius 2 is 1.70 bits per heavy atom. The predicted octanol–water partition coefficient (Wildman–Crippen LogP) is 4.11. The molecule has 2 unspecified atom stereocenters. The Balaban J connectivity index is 2.21. The molecule has 1 amide bonds. The summed E-state index contributed by atoms with van der Waals surface area (Å²) in [6.07, 6.45) is -5.64. The second-order valence-electron chi connectivity index (χ2n) is 6.06. The molecule has 2 N–H and O–H groups in total. The summed E-state index contributed by atoms with van der Waals surface area (Å²) in [6.45, 7) is 1.41. The third-order valence-corrected chi connectivity index (χ3v) is 4.05. The fraction of sp³-hybridized carbons (Fsp3) is 0.263. The molecule has 0 aromatic heterocycles. The van der Waals surface area contributed by atoms with Crippen LogP contribution in [0.1, 0.15) is 35.1 Å². The van der Waals surface area contributed by atoms with E-state index in [1.54, 1.807) is 6.07 Å². The number of carboxylic acids is 1. The molecular formula is C19H17F4NO3. The normalized spacial score (nSPS) is 13.7. The van der Waals surface area contributed by atoms with Crippen LogP contribution in [0.15, 0.2) is 48.5 Å². The fourth-order valence-electron chi connectivity index (χ4n) is 2.65. The third-order valence-electron chi connectivity index (χ3n) is 4.05. The van der Waals surface area contributed by atoms with Gasteiger partial charge in [-0.1, -0.05) is 42.5 Å². The van der Waals surface area contributed by atoms with Gasteiger partial charge in [-0.05, 0) is 29.7 Å². The highest BCUT2D eigenvalue weighted by molar-refractivity contribution is 5.85. The van der Waals surface area contributed by atoms with Gasteiger partial charge in [-0.2, -0.15) is 13.2 Å². The van der Waals surface area contributed by atoms with Crippen molar-refractivity contribution in [3.8, 4) is 0 Å². The second-order valence-corrected chi connectivity index (χ2v) is 6.06. The van der Waals surface area contributed by atoms with E-state index < -0.39 is 42.3 Å². The van der Waals surface area contributed by atoms with E-state index >= 15 is 0 Å². The SMILES string of the molecule is Cc1cc(C(NC(=O)CC(c2ccccc2)C(F)(F)F)C(=O)O)ccc1F. The summed E-state index contributed by atoms with van der Waals surface area (Å²) in [5.74, 6) is -5.16. The van der Waals surface area contributed by atoms with Gasteiger partial charge in [-0.25, -0.2) is 9.18 Å². The predicted molar refractivity (Wildman–Crippen MR) is 89.5 cm³/mol. The number of carbonyl (C=O) groups is 2. The van der Waals surface area contributed by atoms with Crippen molar-refractivity contribution < 1.29 is 32.3 Å². The molecule has 2 aromatic rings. The van der Waals surface area contributed by atoms with Crippen molar-refractivity contribution in [2.24, 2.45) is 0 Å². The molecule has 0 aliphatic carbocycles. The van der Waals surface area contributed by atoms with Crippen LogP contribution in [0.25, 0.3) is 0 Å². The number of amides is 1. The lowest BCUT2D eigenvalue weighted by Gasteiger charge is -2.22. The molecule has 0 bridgehead atoms. The van der Waals surface area contributed by atoms with E-state index in [4.69, 9.17) is 0 Å². The van der Waals surface area contributed by atoms with Gasteiger partial charge < -0.3 is 10.4 Å². The smallest absolute Gasteiger partial charge is 0.396 e. The lowest BCUT2D eigenvalue weighted by Crippen LogP contribution is -2.36. The van der Waals surface area contributed by atoms with Crippen molar-refractivity contribution in [2.45, 2.75) is 31.5 Å². The Kier molecular flexibility index (Phi) is 6.20. The molecular weight excluding hydrogens is 366 g/mol. The number of aryl methyl sites for hydroxylation is 1. The van der Waals surface area contributed by atoms with Gasteiger partial charge in [0, 0.05) is 6.42 Å². The Hall–Kier alpha value is -2.90. The van der Waals surface area contributed by atoms with E-state index in [1.165, 1.54) is 43.3 Å². The summed E-state index contributed by atoms with van der Waals surface area (Å²) < 4.78 is 53.4. The Labute approximate surface area is 152 Å². The molecule has 27 heavy (non-hydrogen) atoms. The molecule has 0 radical (unpaired) electrons. The van der Waals surface area contributed by atoms with Crippen molar-refractivity contribution in [1.82, 2.24) is 5.32 Å². The van der Waals surface area contributed by atoms with Crippen LogP contribution in [0.5, 0.6) is 0 Å². The molecule has 2 rings (SSSR count). The average Bonchev–Trinajstić information content (AvgIpc) is 2.59. The molecule has 0 spiro atoms. The minimum Gasteiger partial charge on any atom is -0.479 e. The summed E-state index contributed by atoms with van der Waals surface area (Å²) in [5.41, 5.74) is 0.133. The molecule has 2 atom stereocenters. The maximum atomic E-state index is 13.4. The number of benzene rings is 2. The van der Waals surface area contributed by atoms with Crippen LogP contribution in [-0.2, 0) is 9.59 Å². The second kappa shape index (κ2) is 8.20. The molecule has 0 heterocycles. The maximum Gasteiger partial charge on any atom is 0.396 e. The van der Waals surface area contributed by atoms with Gasteiger partial charge in [-0.3, -0.25) is 4.79 Å². The molecule has 0 aliphatic rings. The highest BCUT2D eigenvalue weighted by Crippen LogP contribution is 2.37. The van der Waals surface area contributed by atoms with Gasteiger partial charge in [0.15, 0.2) is 6.04 Å². The van der Waals surface area contributed by atoms with Crippen LogP contribution in [-0.4, -0.2) is 23.2 Å². The first-order chi connectivity index (χ1) is 12.6.